The fraction of sp³-hybridized carbons (Fsp3) is 0.312. The van der Waals surface area contributed by atoms with Crippen LogP contribution in [0.15, 0.2) is 41.1 Å². The van der Waals surface area contributed by atoms with Crippen molar-refractivity contribution >= 4 is 15.9 Å². The smallest absolute Gasteiger partial charge is 0.141 e. The number of hydrogen-bond donors (Lipinski definition) is 1. The van der Waals surface area contributed by atoms with Crippen molar-refractivity contribution in [2.45, 2.75) is 19.4 Å². The molecular formula is C16H18BrFN2O. The first kappa shape index (κ1) is 15.9. The predicted octanol–water partition coefficient (Wildman–Crippen LogP) is 3.89. The molecule has 1 aromatic carbocycles. The zero-order valence-electron chi connectivity index (χ0n) is 12.1. The summed E-state index contributed by atoms with van der Waals surface area (Å²) in [6, 6.07) is 7.13. The van der Waals surface area contributed by atoms with Gasteiger partial charge in [0.1, 0.15) is 11.6 Å². The fourth-order valence-corrected chi connectivity index (χ4v) is 2.72. The average molecular weight is 353 g/mol. The van der Waals surface area contributed by atoms with Crippen molar-refractivity contribution in [3.8, 4) is 5.75 Å². The number of likely N-dealkylation sites (N-methyl/N-ethyl adjacent to an activating group) is 1. The van der Waals surface area contributed by atoms with Crippen molar-refractivity contribution in [3.63, 3.8) is 0 Å². The van der Waals surface area contributed by atoms with E-state index in [9.17, 15) is 4.39 Å². The lowest BCUT2D eigenvalue weighted by Crippen LogP contribution is -2.23. The molecule has 1 aromatic heterocycles. The molecule has 3 nitrogen and oxygen atoms in total. The van der Waals surface area contributed by atoms with Gasteiger partial charge in [0.25, 0.3) is 0 Å². The van der Waals surface area contributed by atoms with Crippen molar-refractivity contribution in [2.75, 3.05) is 13.7 Å². The van der Waals surface area contributed by atoms with Gasteiger partial charge in [-0.2, -0.15) is 0 Å². The topological polar surface area (TPSA) is 34.2 Å². The molecule has 0 saturated carbocycles. The quantitative estimate of drug-likeness (QED) is 0.856. The molecule has 0 bridgehead atoms. The van der Waals surface area contributed by atoms with Gasteiger partial charge < -0.3 is 10.1 Å². The van der Waals surface area contributed by atoms with Crippen molar-refractivity contribution in [3.05, 3.63) is 58.1 Å². The summed E-state index contributed by atoms with van der Waals surface area (Å²) >= 11 is 3.23. The Morgan fingerprint density at radius 2 is 2.19 bits per heavy atom. The third-order valence-electron chi connectivity index (χ3n) is 3.29. The first-order chi connectivity index (χ1) is 10.2. The molecule has 0 amide bonds. The lowest BCUT2D eigenvalue weighted by Gasteiger charge is -2.20. The minimum absolute atomic E-state index is 0.0883. The maximum absolute atomic E-state index is 13.3. The highest BCUT2D eigenvalue weighted by atomic mass is 79.9. The Morgan fingerprint density at radius 1 is 1.38 bits per heavy atom. The van der Waals surface area contributed by atoms with Crippen LogP contribution in [0.4, 0.5) is 4.39 Å². The molecular weight excluding hydrogens is 335 g/mol. The standard InChI is InChI=1S/C16H18BrFN2O/c1-3-20-15(12-6-7-19-10-16(12)21-2)9-11-4-5-14(18)13(17)8-11/h4-8,10,15,20H,3,9H2,1-2H3. The van der Waals surface area contributed by atoms with Gasteiger partial charge in [-0.05, 0) is 52.7 Å². The highest BCUT2D eigenvalue weighted by Crippen LogP contribution is 2.27. The molecule has 0 radical (unpaired) electrons. The van der Waals surface area contributed by atoms with Gasteiger partial charge in [-0.25, -0.2) is 4.39 Å². The van der Waals surface area contributed by atoms with Crippen molar-refractivity contribution in [1.82, 2.24) is 10.3 Å². The van der Waals surface area contributed by atoms with Crippen LogP contribution in [-0.2, 0) is 6.42 Å². The molecule has 0 saturated heterocycles. The van der Waals surface area contributed by atoms with Crippen molar-refractivity contribution in [2.24, 2.45) is 0 Å². The minimum Gasteiger partial charge on any atom is -0.495 e. The van der Waals surface area contributed by atoms with E-state index < -0.39 is 0 Å². The summed E-state index contributed by atoms with van der Waals surface area (Å²) in [5.41, 5.74) is 2.10. The second-order valence-corrected chi connectivity index (χ2v) is 5.53. The molecule has 21 heavy (non-hydrogen) atoms. The molecule has 1 heterocycles. The number of rotatable bonds is 6. The zero-order valence-corrected chi connectivity index (χ0v) is 13.7. The third-order valence-corrected chi connectivity index (χ3v) is 3.89. The average Bonchev–Trinajstić information content (AvgIpc) is 2.50. The third kappa shape index (κ3) is 4.02. The van der Waals surface area contributed by atoms with E-state index in [4.69, 9.17) is 4.74 Å². The lowest BCUT2D eigenvalue weighted by molar-refractivity contribution is 0.397. The monoisotopic (exact) mass is 352 g/mol. The van der Waals surface area contributed by atoms with Crippen LogP contribution in [0.3, 0.4) is 0 Å². The van der Waals surface area contributed by atoms with Crippen LogP contribution in [-0.4, -0.2) is 18.6 Å². The number of methoxy groups -OCH3 is 1. The van der Waals surface area contributed by atoms with E-state index in [0.29, 0.717) is 4.47 Å². The van der Waals surface area contributed by atoms with Crippen LogP contribution in [0.5, 0.6) is 5.75 Å². The van der Waals surface area contributed by atoms with Gasteiger partial charge in [-0.1, -0.05) is 13.0 Å². The van der Waals surface area contributed by atoms with E-state index >= 15 is 0 Å². The summed E-state index contributed by atoms with van der Waals surface area (Å²) in [4.78, 5) is 4.08. The molecule has 0 fully saturated rings. The number of aromatic nitrogens is 1. The minimum atomic E-state index is -0.250. The molecule has 1 N–H and O–H groups in total. The summed E-state index contributed by atoms with van der Waals surface area (Å²) < 4.78 is 19.2. The van der Waals surface area contributed by atoms with E-state index in [1.165, 1.54) is 6.07 Å². The van der Waals surface area contributed by atoms with Crippen LogP contribution < -0.4 is 10.1 Å². The Balaban J connectivity index is 2.28. The van der Waals surface area contributed by atoms with E-state index in [1.807, 2.05) is 12.1 Å². The molecule has 0 aliphatic heterocycles. The SMILES string of the molecule is CCNC(Cc1ccc(F)c(Br)c1)c1ccncc1OC. The predicted molar refractivity (Wildman–Crippen MR) is 85.0 cm³/mol. The normalized spacial score (nSPS) is 12.2. The van der Waals surface area contributed by atoms with Crippen LogP contribution in [0, 0.1) is 5.82 Å². The van der Waals surface area contributed by atoms with Crippen LogP contribution >= 0.6 is 15.9 Å². The van der Waals surface area contributed by atoms with E-state index in [-0.39, 0.29) is 11.9 Å². The van der Waals surface area contributed by atoms with Gasteiger partial charge in [0.2, 0.25) is 0 Å². The molecule has 112 valence electrons. The Kier molecular flexibility index (Phi) is 5.70. The van der Waals surface area contributed by atoms with Gasteiger partial charge in [0, 0.05) is 17.8 Å². The molecule has 1 atom stereocenters. The van der Waals surface area contributed by atoms with Crippen molar-refractivity contribution < 1.29 is 9.13 Å². The molecule has 1 unspecified atom stereocenters. The van der Waals surface area contributed by atoms with Gasteiger partial charge in [0.05, 0.1) is 17.8 Å². The Labute approximate surface area is 132 Å². The second-order valence-electron chi connectivity index (χ2n) is 4.68. The Hall–Kier alpha value is -1.46. The molecule has 5 heteroatoms. The summed E-state index contributed by atoms with van der Waals surface area (Å²) in [5, 5.41) is 3.44. The number of nitrogens with zero attached hydrogens (tertiary/aromatic N) is 1. The number of hydrogen-bond acceptors (Lipinski definition) is 3. The van der Waals surface area contributed by atoms with Crippen molar-refractivity contribution in [1.29, 1.82) is 0 Å². The Bertz CT molecular complexity index is 607. The molecule has 2 aromatic rings. The van der Waals surface area contributed by atoms with E-state index in [0.717, 1.165) is 29.8 Å². The number of nitrogens with one attached hydrogen (secondary N) is 1. The van der Waals surface area contributed by atoms with Gasteiger partial charge in [-0.3, -0.25) is 4.98 Å². The molecule has 0 spiro atoms. The first-order valence-corrected chi connectivity index (χ1v) is 7.60. The van der Waals surface area contributed by atoms with Gasteiger partial charge in [0.15, 0.2) is 0 Å². The molecule has 2 rings (SSSR count). The lowest BCUT2D eigenvalue weighted by atomic mass is 9.99. The number of halogens is 2. The second kappa shape index (κ2) is 7.52. The van der Waals surface area contributed by atoms with Crippen LogP contribution in [0.25, 0.3) is 0 Å². The summed E-state index contributed by atoms with van der Waals surface area (Å²) in [6.45, 7) is 2.89. The van der Waals surface area contributed by atoms with Crippen LogP contribution in [0.2, 0.25) is 0 Å². The maximum Gasteiger partial charge on any atom is 0.141 e. The number of benzene rings is 1. The molecule has 0 aliphatic carbocycles. The summed E-state index contributed by atoms with van der Waals surface area (Å²) in [7, 11) is 1.64. The fourth-order valence-electron chi connectivity index (χ4n) is 2.29. The van der Waals surface area contributed by atoms with E-state index in [2.05, 4.69) is 33.2 Å². The van der Waals surface area contributed by atoms with Gasteiger partial charge in [-0.15, -0.1) is 0 Å². The van der Waals surface area contributed by atoms with Crippen LogP contribution in [0.1, 0.15) is 24.1 Å². The zero-order chi connectivity index (χ0) is 15.2. The Morgan fingerprint density at radius 3 is 2.86 bits per heavy atom. The largest absolute Gasteiger partial charge is 0.495 e. The maximum atomic E-state index is 13.3. The van der Waals surface area contributed by atoms with E-state index in [1.54, 1.807) is 25.6 Å². The number of pyridine rings is 1. The number of ether oxygens (including phenoxy) is 1. The van der Waals surface area contributed by atoms with Gasteiger partial charge >= 0.3 is 0 Å². The molecule has 0 aliphatic rings. The summed E-state index contributed by atoms with van der Waals surface area (Å²) in [5.74, 6) is 0.505. The first-order valence-electron chi connectivity index (χ1n) is 6.81. The highest BCUT2D eigenvalue weighted by Gasteiger charge is 2.16. The summed E-state index contributed by atoms with van der Waals surface area (Å²) in [6.07, 6.45) is 4.20. The highest BCUT2D eigenvalue weighted by molar-refractivity contribution is 9.10.